The van der Waals surface area contributed by atoms with Crippen molar-refractivity contribution in [3.05, 3.63) is 0 Å². The molecular formula is C9H18O2. The van der Waals surface area contributed by atoms with E-state index in [1.807, 2.05) is 0 Å². The van der Waals surface area contributed by atoms with E-state index >= 15 is 0 Å². The third kappa shape index (κ3) is 1.57. The predicted molar refractivity (Wildman–Crippen MR) is 44.4 cm³/mol. The second-order valence-electron chi connectivity index (χ2n) is 3.73. The van der Waals surface area contributed by atoms with Crippen LogP contribution in [0.5, 0.6) is 0 Å². The van der Waals surface area contributed by atoms with E-state index in [0.29, 0.717) is 12.5 Å². The number of rotatable bonds is 4. The molecular weight excluding hydrogens is 140 g/mol. The number of aliphatic hydroxyl groups is 1. The summed E-state index contributed by atoms with van der Waals surface area (Å²) in [6.07, 6.45) is 3.62. The zero-order valence-electron chi connectivity index (χ0n) is 7.47. The zero-order valence-corrected chi connectivity index (χ0v) is 7.47. The van der Waals surface area contributed by atoms with Gasteiger partial charge in [-0.25, -0.2) is 0 Å². The number of aliphatic hydroxyl groups excluding tert-OH is 1. The Morgan fingerprint density at radius 1 is 1.55 bits per heavy atom. The first-order chi connectivity index (χ1) is 5.25. The standard InChI is InChI=1S/C9H18O2/c1-8(6-11-2)9(7-10)4-3-5-9/h8,10H,3-7H2,1-2H3. The molecule has 1 atom stereocenters. The van der Waals surface area contributed by atoms with E-state index in [1.54, 1.807) is 7.11 Å². The van der Waals surface area contributed by atoms with Crippen molar-refractivity contribution in [1.29, 1.82) is 0 Å². The van der Waals surface area contributed by atoms with Gasteiger partial charge >= 0.3 is 0 Å². The Morgan fingerprint density at radius 3 is 2.45 bits per heavy atom. The summed E-state index contributed by atoms with van der Waals surface area (Å²) in [7, 11) is 1.72. The van der Waals surface area contributed by atoms with Gasteiger partial charge in [0.15, 0.2) is 0 Å². The molecule has 11 heavy (non-hydrogen) atoms. The molecule has 0 spiro atoms. The molecule has 0 heterocycles. The van der Waals surface area contributed by atoms with Gasteiger partial charge in [-0.3, -0.25) is 0 Å². The third-order valence-corrected chi connectivity index (χ3v) is 3.13. The van der Waals surface area contributed by atoms with Gasteiger partial charge in [0.1, 0.15) is 0 Å². The van der Waals surface area contributed by atoms with Gasteiger partial charge in [0, 0.05) is 20.3 Å². The highest BCUT2D eigenvalue weighted by atomic mass is 16.5. The van der Waals surface area contributed by atoms with Crippen LogP contribution in [0.1, 0.15) is 26.2 Å². The van der Waals surface area contributed by atoms with Gasteiger partial charge in [0.05, 0.1) is 0 Å². The Kier molecular flexibility index (Phi) is 2.90. The SMILES string of the molecule is COCC(C)C1(CO)CCC1. The van der Waals surface area contributed by atoms with E-state index in [4.69, 9.17) is 4.74 Å². The fraction of sp³-hybridized carbons (Fsp3) is 1.00. The van der Waals surface area contributed by atoms with Crippen LogP contribution in [0.4, 0.5) is 0 Å². The van der Waals surface area contributed by atoms with Crippen LogP contribution >= 0.6 is 0 Å². The monoisotopic (exact) mass is 158 g/mol. The summed E-state index contributed by atoms with van der Waals surface area (Å²) in [5, 5.41) is 9.18. The van der Waals surface area contributed by atoms with Crippen LogP contribution in [-0.2, 0) is 4.74 Å². The Labute approximate surface area is 68.6 Å². The molecule has 2 heteroatoms. The van der Waals surface area contributed by atoms with Gasteiger partial charge in [-0.05, 0) is 24.2 Å². The molecule has 1 saturated carbocycles. The van der Waals surface area contributed by atoms with Gasteiger partial charge in [-0.2, -0.15) is 0 Å². The lowest BCUT2D eigenvalue weighted by molar-refractivity contribution is -0.0356. The van der Waals surface area contributed by atoms with Gasteiger partial charge in [0.2, 0.25) is 0 Å². The van der Waals surface area contributed by atoms with Crippen LogP contribution in [-0.4, -0.2) is 25.4 Å². The number of hydrogen-bond acceptors (Lipinski definition) is 2. The molecule has 2 nitrogen and oxygen atoms in total. The average molecular weight is 158 g/mol. The van der Waals surface area contributed by atoms with E-state index in [9.17, 15) is 5.11 Å². The molecule has 0 aromatic heterocycles. The quantitative estimate of drug-likeness (QED) is 0.670. The Hall–Kier alpha value is -0.0800. The van der Waals surface area contributed by atoms with E-state index in [2.05, 4.69) is 6.92 Å². The van der Waals surface area contributed by atoms with Crippen LogP contribution in [0.3, 0.4) is 0 Å². The molecule has 0 aromatic rings. The molecule has 66 valence electrons. The second-order valence-corrected chi connectivity index (χ2v) is 3.73. The molecule has 1 aliphatic rings. The average Bonchev–Trinajstić information content (AvgIpc) is 1.87. The van der Waals surface area contributed by atoms with E-state index in [1.165, 1.54) is 19.3 Å². The van der Waals surface area contributed by atoms with Crippen LogP contribution in [0, 0.1) is 11.3 Å². The van der Waals surface area contributed by atoms with Gasteiger partial charge in [-0.1, -0.05) is 13.3 Å². The maximum atomic E-state index is 9.18. The van der Waals surface area contributed by atoms with Crippen molar-refractivity contribution >= 4 is 0 Å². The molecule has 0 aromatic carbocycles. The molecule has 1 fully saturated rings. The van der Waals surface area contributed by atoms with Crippen molar-refractivity contribution in [3.8, 4) is 0 Å². The second kappa shape index (κ2) is 3.55. The first kappa shape index (κ1) is 9.01. The highest BCUT2D eigenvalue weighted by Gasteiger charge is 2.40. The molecule has 1 rings (SSSR count). The van der Waals surface area contributed by atoms with Crippen molar-refractivity contribution in [2.75, 3.05) is 20.3 Å². The molecule has 0 saturated heterocycles. The highest BCUT2D eigenvalue weighted by molar-refractivity contribution is 4.91. The van der Waals surface area contributed by atoms with Crippen molar-refractivity contribution < 1.29 is 9.84 Å². The van der Waals surface area contributed by atoms with Crippen molar-refractivity contribution in [1.82, 2.24) is 0 Å². The lowest BCUT2D eigenvalue weighted by Gasteiger charge is -2.45. The number of methoxy groups -OCH3 is 1. The molecule has 0 radical (unpaired) electrons. The van der Waals surface area contributed by atoms with Crippen LogP contribution < -0.4 is 0 Å². The molecule has 1 unspecified atom stereocenters. The fourth-order valence-electron chi connectivity index (χ4n) is 1.86. The Bertz CT molecular complexity index is 113. The molecule has 0 amide bonds. The maximum Gasteiger partial charge on any atom is 0.0494 e. The van der Waals surface area contributed by atoms with Crippen molar-refractivity contribution in [2.24, 2.45) is 11.3 Å². The van der Waals surface area contributed by atoms with Crippen LogP contribution in [0.25, 0.3) is 0 Å². The summed E-state index contributed by atoms with van der Waals surface area (Å²) in [4.78, 5) is 0. The van der Waals surface area contributed by atoms with Crippen LogP contribution in [0.15, 0.2) is 0 Å². The van der Waals surface area contributed by atoms with E-state index in [-0.39, 0.29) is 5.41 Å². The van der Waals surface area contributed by atoms with E-state index in [0.717, 1.165) is 6.61 Å². The fourth-order valence-corrected chi connectivity index (χ4v) is 1.86. The topological polar surface area (TPSA) is 29.5 Å². The zero-order chi connectivity index (χ0) is 8.32. The van der Waals surface area contributed by atoms with Crippen molar-refractivity contribution in [2.45, 2.75) is 26.2 Å². The van der Waals surface area contributed by atoms with Gasteiger partial charge in [0.25, 0.3) is 0 Å². The molecule has 1 N–H and O–H groups in total. The highest BCUT2D eigenvalue weighted by Crippen LogP contribution is 2.46. The summed E-state index contributed by atoms with van der Waals surface area (Å²) in [6, 6.07) is 0. The first-order valence-corrected chi connectivity index (χ1v) is 4.35. The van der Waals surface area contributed by atoms with Crippen LogP contribution in [0.2, 0.25) is 0 Å². The summed E-state index contributed by atoms with van der Waals surface area (Å²) in [5.74, 6) is 0.506. The molecule has 1 aliphatic carbocycles. The predicted octanol–water partition coefficient (Wildman–Crippen LogP) is 1.43. The number of ether oxygens (including phenoxy) is 1. The normalized spacial score (nSPS) is 24.3. The minimum Gasteiger partial charge on any atom is -0.396 e. The minimum atomic E-state index is 0.204. The Balaban J connectivity index is 2.40. The summed E-state index contributed by atoms with van der Waals surface area (Å²) >= 11 is 0. The minimum absolute atomic E-state index is 0.204. The summed E-state index contributed by atoms with van der Waals surface area (Å²) in [6.45, 7) is 3.27. The van der Waals surface area contributed by atoms with Crippen molar-refractivity contribution in [3.63, 3.8) is 0 Å². The molecule has 0 aliphatic heterocycles. The smallest absolute Gasteiger partial charge is 0.0494 e. The summed E-state index contributed by atoms with van der Waals surface area (Å²) < 4.78 is 5.08. The lowest BCUT2D eigenvalue weighted by Crippen LogP contribution is -2.41. The lowest BCUT2D eigenvalue weighted by atomic mass is 9.62. The Morgan fingerprint density at radius 2 is 2.18 bits per heavy atom. The van der Waals surface area contributed by atoms with Gasteiger partial charge < -0.3 is 9.84 Å². The first-order valence-electron chi connectivity index (χ1n) is 4.35. The van der Waals surface area contributed by atoms with Gasteiger partial charge in [-0.15, -0.1) is 0 Å². The summed E-state index contributed by atoms with van der Waals surface area (Å²) in [5.41, 5.74) is 0.204. The van der Waals surface area contributed by atoms with E-state index < -0.39 is 0 Å². The number of hydrogen-bond donors (Lipinski definition) is 1. The third-order valence-electron chi connectivity index (χ3n) is 3.13. The molecule has 0 bridgehead atoms. The maximum absolute atomic E-state index is 9.18. The largest absolute Gasteiger partial charge is 0.396 e.